The zero-order valence-corrected chi connectivity index (χ0v) is 34.9. The van der Waals surface area contributed by atoms with Crippen LogP contribution in [0.3, 0.4) is 0 Å². The van der Waals surface area contributed by atoms with E-state index in [4.69, 9.17) is 28.4 Å². The Balaban J connectivity index is 0.000000310. The van der Waals surface area contributed by atoms with Crippen LogP contribution in [0.15, 0.2) is 60.7 Å². The molecule has 16 nitrogen and oxygen atoms in total. The SMILES string of the molecule is CCOC(=O)[C@@H]1CCN(C(=O)OCc2ccccc2)C[C@@H]1NC(=O)OC(C)(C)C.CCOC(=O)[C@H]1CCN(C(=O)OCc2ccccc2)C[C@H]1NC(=O)OC(C)(C)C. The summed E-state index contributed by atoms with van der Waals surface area (Å²) in [6.45, 7) is 15.7. The monoisotopic (exact) mass is 812 g/mol. The minimum atomic E-state index is -0.674. The molecule has 2 aromatic carbocycles. The zero-order chi connectivity index (χ0) is 42.9. The summed E-state index contributed by atoms with van der Waals surface area (Å²) in [4.78, 5) is 77.0. The van der Waals surface area contributed by atoms with Crippen molar-refractivity contribution in [2.24, 2.45) is 11.8 Å². The second-order valence-electron chi connectivity index (χ2n) is 15.8. The van der Waals surface area contributed by atoms with Gasteiger partial charge in [-0.2, -0.15) is 0 Å². The molecule has 2 heterocycles. The standard InChI is InChI=1S/2C21H30N2O6/c2*1-5-27-18(24)16-11-12-23(13-17(16)22-19(25)29-21(2,3)4)20(26)28-14-15-9-7-6-8-10-15/h2*6-10,16-17H,5,11-14H2,1-4H3,(H,22,25)/t2*16-,17+/m10/s1. The van der Waals surface area contributed by atoms with E-state index >= 15 is 0 Å². The van der Waals surface area contributed by atoms with Gasteiger partial charge in [0.25, 0.3) is 0 Å². The van der Waals surface area contributed by atoms with Crippen molar-refractivity contribution in [1.29, 1.82) is 0 Å². The number of rotatable bonds is 10. The number of hydrogen-bond donors (Lipinski definition) is 2. The van der Waals surface area contributed by atoms with Gasteiger partial charge >= 0.3 is 36.3 Å². The molecule has 320 valence electrons. The van der Waals surface area contributed by atoms with Crippen LogP contribution in [0, 0.1) is 11.8 Å². The fourth-order valence-electron chi connectivity index (χ4n) is 6.13. The van der Waals surface area contributed by atoms with Crippen LogP contribution in [0.4, 0.5) is 19.2 Å². The number of piperidine rings is 2. The summed E-state index contributed by atoms with van der Waals surface area (Å²) in [6, 6.07) is 17.5. The molecular formula is C42H60N4O12. The number of nitrogens with one attached hydrogen (secondary N) is 2. The van der Waals surface area contributed by atoms with Crippen LogP contribution >= 0.6 is 0 Å². The van der Waals surface area contributed by atoms with E-state index in [1.165, 1.54) is 9.80 Å². The van der Waals surface area contributed by atoms with E-state index < -0.39 is 71.4 Å². The molecule has 2 aliphatic heterocycles. The third-order valence-corrected chi connectivity index (χ3v) is 8.74. The molecule has 0 saturated carbocycles. The predicted octanol–water partition coefficient (Wildman–Crippen LogP) is 6.20. The van der Waals surface area contributed by atoms with Crippen molar-refractivity contribution in [3.8, 4) is 0 Å². The molecule has 2 aromatic rings. The van der Waals surface area contributed by atoms with Crippen molar-refractivity contribution in [1.82, 2.24) is 20.4 Å². The minimum absolute atomic E-state index is 0.135. The summed E-state index contributed by atoms with van der Waals surface area (Å²) < 4.78 is 31.6. The first-order valence-electron chi connectivity index (χ1n) is 19.6. The van der Waals surface area contributed by atoms with Crippen LogP contribution in [-0.2, 0) is 51.2 Å². The minimum Gasteiger partial charge on any atom is -0.466 e. The number of amides is 4. The van der Waals surface area contributed by atoms with Gasteiger partial charge in [-0.1, -0.05) is 60.7 Å². The van der Waals surface area contributed by atoms with E-state index in [0.29, 0.717) is 25.9 Å². The lowest BCUT2D eigenvalue weighted by atomic mass is 9.92. The fourth-order valence-corrected chi connectivity index (χ4v) is 6.13. The normalized spacial score (nSPS) is 19.2. The maximum absolute atomic E-state index is 12.5. The van der Waals surface area contributed by atoms with E-state index in [-0.39, 0.29) is 39.5 Å². The largest absolute Gasteiger partial charge is 0.466 e. The molecule has 0 radical (unpaired) electrons. The average molecular weight is 813 g/mol. The molecule has 2 saturated heterocycles. The number of esters is 2. The molecule has 0 spiro atoms. The lowest BCUT2D eigenvalue weighted by Gasteiger charge is -2.37. The van der Waals surface area contributed by atoms with E-state index in [1.807, 2.05) is 60.7 Å². The Labute approximate surface area is 341 Å². The molecule has 2 aliphatic rings. The first-order valence-corrected chi connectivity index (χ1v) is 19.6. The first-order chi connectivity index (χ1) is 27.4. The van der Waals surface area contributed by atoms with Crippen molar-refractivity contribution < 1.29 is 57.2 Å². The van der Waals surface area contributed by atoms with E-state index in [1.54, 1.807) is 55.4 Å². The summed E-state index contributed by atoms with van der Waals surface area (Å²) in [7, 11) is 0. The Morgan fingerprint density at radius 1 is 0.569 bits per heavy atom. The molecule has 2 N–H and O–H groups in total. The number of benzene rings is 2. The second kappa shape index (κ2) is 22.4. The van der Waals surface area contributed by atoms with Crippen molar-refractivity contribution in [3.63, 3.8) is 0 Å². The number of ether oxygens (including phenoxy) is 6. The predicted molar refractivity (Wildman–Crippen MR) is 212 cm³/mol. The highest BCUT2D eigenvalue weighted by atomic mass is 16.6. The van der Waals surface area contributed by atoms with Gasteiger partial charge in [-0.15, -0.1) is 0 Å². The second-order valence-corrected chi connectivity index (χ2v) is 15.8. The van der Waals surface area contributed by atoms with Gasteiger partial charge in [0.05, 0.1) is 37.1 Å². The van der Waals surface area contributed by atoms with E-state index in [2.05, 4.69) is 10.6 Å². The molecular weight excluding hydrogens is 752 g/mol. The van der Waals surface area contributed by atoms with Crippen LogP contribution in [0.25, 0.3) is 0 Å². The molecule has 0 aromatic heterocycles. The maximum Gasteiger partial charge on any atom is 0.410 e. The molecule has 4 rings (SSSR count). The Bertz CT molecular complexity index is 1520. The number of carbonyl (C=O) groups excluding carboxylic acids is 6. The van der Waals surface area contributed by atoms with Crippen molar-refractivity contribution in [3.05, 3.63) is 71.8 Å². The number of likely N-dealkylation sites (tertiary alicyclic amines) is 2. The van der Waals surface area contributed by atoms with E-state index in [9.17, 15) is 28.8 Å². The average Bonchev–Trinajstić information content (AvgIpc) is 3.15. The summed E-state index contributed by atoms with van der Waals surface area (Å²) in [5, 5.41) is 5.42. The topological polar surface area (TPSA) is 188 Å². The Kier molecular flexibility index (Phi) is 18.1. The highest BCUT2D eigenvalue weighted by Crippen LogP contribution is 2.23. The Hall–Kier alpha value is -5.54. The quantitative estimate of drug-likeness (QED) is 0.205. The summed E-state index contributed by atoms with van der Waals surface area (Å²) in [5.74, 6) is -1.90. The maximum atomic E-state index is 12.5. The van der Waals surface area contributed by atoms with Crippen LogP contribution in [-0.4, -0.2) is 109 Å². The summed E-state index contributed by atoms with van der Waals surface area (Å²) in [6.07, 6.45) is -1.55. The van der Waals surface area contributed by atoms with Crippen LogP contribution in [0.2, 0.25) is 0 Å². The third-order valence-electron chi connectivity index (χ3n) is 8.74. The van der Waals surface area contributed by atoms with Gasteiger partial charge in [0.1, 0.15) is 24.4 Å². The van der Waals surface area contributed by atoms with Crippen LogP contribution < -0.4 is 10.6 Å². The molecule has 0 unspecified atom stereocenters. The number of hydrogen-bond acceptors (Lipinski definition) is 12. The first kappa shape index (κ1) is 46.8. The molecule has 0 aliphatic carbocycles. The zero-order valence-electron chi connectivity index (χ0n) is 34.9. The van der Waals surface area contributed by atoms with Gasteiger partial charge < -0.3 is 48.9 Å². The van der Waals surface area contributed by atoms with Gasteiger partial charge in [-0.25, -0.2) is 19.2 Å². The van der Waals surface area contributed by atoms with Crippen molar-refractivity contribution in [2.75, 3.05) is 39.4 Å². The Morgan fingerprint density at radius 2 is 0.914 bits per heavy atom. The lowest BCUT2D eigenvalue weighted by molar-refractivity contribution is -0.151. The van der Waals surface area contributed by atoms with Gasteiger partial charge in [-0.05, 0) is 79.4 Å². The molecule has 16 heteroatoms. The van der Waals surface area contributed by atoms with Crippen LogP contribution in [0.1, 0.15) is 79.4 Å². The number of nitrogens with zero attached hydrogens (tertiary/aromatic N) is 2. The van der Waals surface area contributed by atoms with Crippen LogP contribution in [0.5, 0.6) is 0 Å². The van der Waals surface area contributed by atoms with Crippen molar-refractivity contribution >= 4 is 36.3 Å². The molecule has 0 bridgehead atoms. The number of carbonyl (C=O) groups is 6. The van der Waals surface area contributed by atoms with Gasteiger partial charge in [-0.3, -0.25) is 9.59 Å². The Morgan fingerprint density at radius 3 is 1.22 bits per heavy atom. The lowest BCUT2D eigenvalue weighted by Crippen LogP contribution is -2.56. The van der Waals surface area contributed by atoms with Gasteiger partial charge in [0, 0.05) is 26.2 Å². The highest BCUT2D eigenvalue weighted by molar-refractivity contribution is 5.77. The fraction of sp³-hybridized carbons (Fsp3) is 0.571. The van der Waals surface area contributed by atoms with E-state index in [0.717, 1.165) is 11.1 Å². The molecule has 4 atom stereocenters. The van der Waals surface area contributed by atoms with Gasteiger partial charge in [0.2, 0.25) is 0 Å². The summed E-state index contributed by atoms with van der Waals surface area (Å²) in [5.41, 5.74) is 0.412. The molecule has 4 amide bonds. The van der Waals surface area contributed by atoms with Crippen molar-refractivity contribution in [2.45, 2.75) is 105 Å². The van der Waals surface area contributed by atoms with Gasteiger partial charge in [0.15, 0.2) is 0 Å². The third kappa shape index (κ3) is 16.5. The highest BCUT2D eigenvalue weighted by Gasteiger charge is 2.40. The molecule has 2 fully saturated rings. The summed E-state index contributed by atoms with van der Waals surface area (Å²) >= 11 is 0. The smallest absolute Gasteiger partial charge is 0.410 e. The molecule has 58 heavy (non-hydrogen) atoms. The number of alkyl carbamates (subject to hydrolysis) is 2.